The van der Waals surface area contributed by atoms with Crippen molar-refractivity contribution in [1.82, 2.24) is 0 Å². The Morgan fingerprint density at radius 2 is 0.582 bits per heavy atom. The molecule has 0 saturated heterocycles. The molecule has 0 saturated carbocycles. The van der Waals surface area contributed by atoms with E-state index in [0.717, 1.165) is 79.4 Å². The summed E-state index contributed by atoms with van der Waals surface area (Å²) in [6.07, 6.45) is 0. The van der Waals surface area contributed by atoms with Crippen molar-refractivity contribution in [1.29, 1.82) is 0 Å². The summed E-state index contributed by atoms with van der Waals surface area (Å²) in [4.78, 5) is 4.64. The van der Waals surface area contributed by atoms with E-state index in [2.05, 4.69) is 289 Å². The van der Waals surface area contributed by atoms with E-state index in [0.29, 0.717) is 0 Å². The number of rotatable bonds is 8. The van der Waals surface area contributed by atoms with Gasteiger partial charge in [-0.25, -0.2) is 0 Å². The van der Waals surface area contributed by atoms with Crippen LogP contribution in [0.3, 0.4) is 0 Å². The SMILES string of the molecule is c1ccc(-c2ccc(N3c4ccccc4Oc4cc(-c5cc6c7c(ccc8cc(-c9ccc%10c(c9)Oc9ccccc9N%10c9ccc(-c%10ccccc%10)cc9)cc(c87)C6(c6ccccc6)c6ccccc6)c5)ccc43)cc2)cc1. The summed E-state index contributed by atoms with van der Waals surface area (Å²) in [5.74, 6) is 3.25. The Morgan fingerprint density at radius 3 is 1.00 bits per heavy atom. The minimum absolute atomic E-state index is 0.659. The van der Waals surface area contributed by atoms with E-state index >= 15 is 0 Å². The first-order chi connectivity index (χ1) is 39.1. The van der Waals surface area contributed by atoms with Crippen LogP contribution in [0.4, 0.5) is 34.1 Å². The van der Waals surface area contributed by atoms with Crippen molar-refractivity contribution < 1.29 is 9.47 Å². The number of nitrogens with zero attached hydrogens (tertiary/aromatic N) is 2. The van der Waals surface area contributed by atoms with Crippen molar-refractivity contribution in [3.05, 3.63) is 313 Å². The quantitative estimate of drug-likeness (QED) is 0.142. The predicted molar refractivity (Wildman–Crippen MR) is 325 cm³/mol. The fraction of sp³-hybridized carbons (Fsp3) is 0.0133. The van der Waals surface area contributed by atoms with Gasteiger partial charge in [0.1, 0.15) is 0 Å². The van der Waals surface area contributed by atoms with Gasteiger partial charge in [-0.3, -0.25) is 0 Å². The zero-order valence-electron chi connectivity index (χ0n) is 42.9. The van der Waals surface area contributed by atoms with E-state index in [1.54, 1.807) is 0 Å². The second-order valence-electron chi connectivity index (χ2n) is 20.8. The minimum atomic E-state index is -0.659. The third-order valence-electron chi connectivity index (χ3n) is 16.4. The van der Waals surface area contributed by atoms with Crippen molar-refractivity contribution in [2.45, 2.75) is 5.41 Å². The lowest BCUT2D eigenvalue weighted by Crippen LogP contribution is -2.28. The van der Waals surface area contributed by atoms with Crippen LogP contribution in [0.25, 0.3) is 66.1 Å². The van der Waals surface area contributed by atoms with Crippen molar-refractivity contribution >= 4 is 55.7 Å². The molecule has 0 bridgehead atoms. The molecule has 370 valence electrons. The molecular formula is C75H48N2O2. The van der Waals surface area contributed by atoms with Gasteiger partial charge in [0.15, 0.2) is 23.0 Å². The summed E-state index contributed by atoms with van der Waals surface area (Å²) >= 11 is 0. The highest BCUT2D eigenvalue weighted by Crippen LogP contribution is 2.59. The number of para-hydroxylation sites is 4. The number of ether oxygens (including phenoxy) is 2. The van der Waals surface area contributed by atoms with Crippen LogP contribution in [0.15, 0.2) is 291 Å². The van der Waals surface area contributed by atoms with Gasteiger partial charge in [0, 0.05) is 11.4 Å². The maximum absolute atomic E-state index is 6.86. The summed E-state index contributed by atoms with van der Waals surface area (Å²) in [5, 5.41) is 4.96. The fourth-order valence-electron chi connectivity index (χ4n) is 12.9. The Labute approximate surface area is 458 Å². The van der Waals surface area contributed by atoms with E-state index in [1.165, 1.54) is 66.1 Å². The van der Waals surface area contributed by atoms with Crippen LogP contribution < -0.4 is 19.3 Å². The summed E-state index contributed by atoms with van der Waals surface area (Å²) in [5.41, 5.74) is 19.6. The number of anilines is 6. The molecular weight excluding hydrogens is 961 g/mol. The maximum Gasteiger partial charge on any atom is 0.152 e. The minimum Gasteiger partial charge on any atom is -0.453 e. The average molecular weight is 1010 g/mol. The molecule has 13 aromatic rings. The molecule has 2 heterocycles. The molecule has 0 amide bonds. The molecule has 0 spiro atoms. The molecule has 4 heteroatoms. The molecule has 79 heavy (non-hydrogen) atoms. The normalized spacial score (nSPS) is 13.3. The lowest BCUT2D eigenvalue weighted by atomic mass is 9.66. The molecule has 16 rings (SSSR count). The Morgan fingerprint density at radius 1 is 0.241 bits per heavy atom. The molecule has 0 N–H and O–H groups in total. The van der Waals surface area contributed by atoms with Crippen molar-refractivity contribution in [3.63, 3.8) is 0 Å². The van der Waals surface area contributed by atoms with E-state index < -0.39 is 5.41 Å². The largest absolute Gasteiger partial charge is 0.453 e. The monoisotopic (exact) mass is 1010 g/mol. The Kier molecular flexibility index (Phi) is 10.1. The number of fused-ring (bicyclic) bond motifs is 4. The third-order valence-corrected chi connectivity index (χ3v) is 16.4. The third kappa shape index (κ3) is 7.08. The molecule has 0 unspecified atom stereocenters. The fourth-order valence-corrected chi connectivity index (χ4v) is 12.9. The standard InChI is InChI=1S/C75H48N2O2/c1-5-17-49(18-6-1)51-31-37-61(38-32-51)76-65-25-13-15-27-69(65)78-71-47-53(35-41-67(71)76)57-43-55-29-30-56-44-58(46-64-74(56)73(55)63(45-57)75(64,59-21-9-3-10-22-59)60-23-11-4-12-24-60)54-36-42-68-72(48-54)79-70-28-16-14-26-66(70)77(68)62-39-33-52(34-40-62)50-19-7-2-8-20-50/h1-48H. The molecule has 1 aliphatic carbocycles. The first kappa shape index (κ1) is 44.8. The van der Waals surface area contributed by atoms with Crippen LogP contribution in [0, 0.1) is 0 Å². The van der Waals surface area contributed by atoms with Crippen molar-refractivity contribution in [2.24, 2.45) is 0 Å². The van der Waals surface area contributed by atoms with Gasteiger partial charge in [-0.2, -0.15) is 0 Å². The molecule has 0 atom stereocenters. The second kappa shape index (κ2) is 17.8. The number of hydrogen-bond donors (Lipinski definition) is 0. The van der Waals surface area contributed by atoms with Crippen LogP contribution in [-0.2, 0) is 5.41 Å². The van der Waals surface area contributed by atoms with E-state index in [1.807, 2.05) is 12.1 Å². The number of hydrogen-bond acceptors (Lipinski definition) is 4. The molecule has 0 fully saturated rings. The van der Waals surface area contributed by atoms with Gasteiger partial charge in [-0.1, -0.05) is 194 Å². The van der Waals surface area contributed by atoms with Crippen LogP contribution in [-0.4, -0.2) is 0 Å². The average Bonchev–Trinajstić information content (AvgIpc) is 3.86. The molecule has 0 radical (unpaired) electrons. The Bertz CT molecular complexity index is 4230. The number of benzene rings is 13. The van der Waals surface area contributed by atoms with E-state index in [4.69, 9.17) is 9.47 Å². The zero-order valence-corrected chi connectivity index (χ0v) is 42.9. The van der Waals surface area contributed by atoms with Gasteiger partial charge in [0.2, 0.25) is 0 Å². The van der Waals surface area contributed by atoms with Crippen LogP contribution in [0.2, 0.25) is 0 Å². The summed E-state index contributed by atoms with van der Waals surface area (Å²) in [7, 11) is 0. The summed E-state index contributed by atoms with van der Waals surface area (Å²) in [6.45, 7) is 0. The smallest absolute Gasteiger partial charge is 0.152 e. The van der Waals surface area contributed by atoms with Gasteiger partial charge < -0.3 is 19.3 Å². The molecule has 3 aliphatic rings. The first-order valence-corrected chi connectivity index (χ1v) is 27.0. The Hall–Kier alpha value is -10.4. The van der Waals surface area contributed by atoms with Gasteiger partial charge >= 0.3 is 0 Å². The zero-order chi connectivity index (χ0) is 52.0. The molecule has 13 aromatic carbocycles. The van der Waals surface area contributed by atoms with Gasteiger partial charge in [-0.15, -0.1) is 0 Å². The highest BCUT2D eigenvalue weighted by atomic mass is 16.5. The van der Waals surface area contributed by atoms with Crippen LogP contribution in [0.1, 0.15) is 22.3 Å². The molecule has 4 nitrogen and oxygen atoms in total. The highest BCUT2D eigenvalue weighted by Gasteiger charge is 2.46. The van der Waals surface area contributed by atoms with Gasteiger partial charge in [0.25, 0.3) is 0 Å². The lowest BCUT2D eigenvalue weighted by Gasteiger charge is -2.35. The van der Waals surface area contributed by atoms with Crippen molar-refractivity contribution in [2.75, 3.05) is 9.80 Å². The summed E-state index contributed by atoms with van der Waals surface area (Å²) in [6, 6.07) is 105. The highest BCUT2D eigenvalue weighted by molar-refractivity contribution is 6.18. The van der Waals surface area contributed by atoms with Gasteiger partial charge in [0.05, 0.1) is 28.2 Å². The maximum atomic E-state index is 6.86. The predicted octanol–water partition coefficient (Wildman–Crippen LogP) is 20.5. The van der Waals surface area contributed by atoms with E-state index in [-0.39, 0.29) is 0 Å². The first-order valence-electron chi connectivity index (χ1n) is 27.0. The molecule has 0 aromatic heterocycles. The molecule has 2 aliphatic heterocycles. The lowest BCUT2D eigenvalue weighted by molar-refractivity contribution is 0.477. The van der Waals surface area contributed by atoms with Gasteiger partial charge in [-0.05, 0) is 185 Å². The Balaban J connectivity index is 0.835. The summed E-state index contributed by atoms with van der Waals surface area (Å²) < 4.78 is 13.7. The van der Waals surface area contributed by atoms with Crippen LogP contribution in [0.5, 0.6) is 23.0 Å². The van der Waals surface area contributed by atoms with Crippen molar-refractivity contribution in [3.8, 4) is 67.5 Å². The second-order valence-corrected chi connectivity index (χ2v) is 20.8. The van der Waals surface area contributed by atoms with Crippen LogP contribution >= 0.6 is 0 Å². The topological polar surface area (TPSA) is 24.9 Å². The van der Waals surface area contributed by atoms with E-state index in [9.17, 15) is 0 Å².